The molecule has 0 aromatic heterocycles. The Hall–Kier alpha value is -2.13. The lowest BCUT2D eigenvalue weighted by atomic mass is 10.1. The van der Waals surface area contributed by atoms with E-state index in [0.29, 0.717) is 30.2 Å². The van der Waals surface area contributed by atoms with E-state index in [0.717, 1.165) is 44.3 Å². The number of hydrogen-bond acceptors (Lipinski definition) is 5. The van der Waals surface area contributed by atoms with E-state index in [1.807, 2.05) is 24.3 Å². The minimum Gasteiger partial charge on any atom is -0.495 e. The molecule has 2 heterocycles. The summed E-state index contributed by atoms with van der Waals surface area (Å²) >= 11 is 6.22. The van der Waals surface area contributed by atoms with Crippen molar-refractivity contribution in [3.8, 4) is 5.75 Å². The molecule has 4 rings (SSSR count). The van der Waals surface area contributed by atoms with E-state index in [4.69, 9.17) is 16.3 Å². The van der Waals surface area contributed by atoms with Gasteiger partial charge >= 0.3 is 0 Å². The second-order valence-corrected chi connectivity index (χ2v) is 10.8. The second kappa shape index (κ2) is 10.4. The highest BCUT2D eigenvalue weighted by atomic mass is 35.5. The third-order valence-electron chi connectivity index (χ3n) is 6.38. The monoisotopic (exact) mass is 491 g/mol. The maximum atomic E-state index is 13.1. The number of sulfonamides is 1. The predicted molar refractivity (Wildman–Crippen MR) is 128 cm³/mol. The number of carbonyl (C=O) groups excluding carboxylic acids is 1. The minimum absolute atomic E-state index is 0.00111. The first kappa shape index (κ1) is 24.0. The van der Waals surface area contributed by atoms with Gasteiger partial charge in [-0.15, -0.1) is 0 Å². The Balaban J connectivity index is 1.55. The topological polar surface area (TPSA) is 79.0 Å². The zero-order valence-electron chi connectivity index (χ0n) is 18.8. The molecule has 2 aromatic rings. The molecule has 2 saturated heterocycles. The summed E-state index contributed by atoms with van der Waals surface area (Å²) in [5.41, 5.74) is 1.34. The first-order valence-corrected chi connectivity index (χ1v) is 13.2. The van der Waals surface area contributed by atoms with Crippen LogP contribution in [0.4, 0.5) is 0 Å². The van der Waals surface area contributed by atoms with Crippen LogP contribution in [0, 0.1) is 0 Å². The average Bonchev–Trinajstić information content (AvgIpc) is 3.54. The lowest BCUT2D eigenvalue weighted by Crippen LogP contribution is -2.37. The van der Waals surface area contributed by atoms with Crippen molar-refractivity contribution in [3.63, 3.8) is 0 Å². The molecule has 33 heavy (non-hydrogen) atoms. The predicted octanol–water partition coefficient (Wildman–Crippen LogP) is 3.70. The molecule has 0 spiro atoms. The van der Waals surface area contributed by atoms with Crippen LogP contribution < -0.4 is 10.1 Å². The fourth-order valence-electron chi connectivity index (χ4n) is 4.60. The van der Waals surface area contributed by atoms with Crippen LogP contribution in [-0.4, -0.2) is 63.4 Å². The molecule has 0 saturated carbocycles. The number of rotatable bonds is 8. The molecule has 0 radical (unpaired) electrons. The van der Waals surface area contributed by atoms with Crippen LogP contribution in [0.5, 0.6) is 5.75 Å². The molecule has 0 aliphatic carbocycles. The van der Waals surface area contributed by atoms with Crippen molar-refractivity contribution in [1.29, 1.82) is 0 Å². The zero-order chi connectivity index (χ0) is 23.4. The Morgan fingerprint density at radius 1 is 1.06 bits per heavy atom. The Bertz CT molecular complexity index is 1100. The summed E-state index contributed by atoms with van der Waals surface area (Å²) in [5, 5.41) is 3.67. The molecule has 2 aliphatic heterocycles. The summed E-state index contributed by atoms with van der Waals surface area (Å²) in [7, 11) is -2.29. The molecule has 0 bridgehead atoms. The van der Waals surface area contributed by atoms with Crippen LogP contribution in [0.25, 0.3) is 0 Å². The molecular formula is C24H30ClN3O4S. The molecule has 1 N–H and O–H groups in total. The molecule has 9 heteroatoms. The van der Waals surface area contributed by atoms with E-state index in [9.17, 15) is 13.2 Å². The van der Waals surface area contributed by atoms with Crippen LogP contribution in [0.1, 0.15) is 47.6 Å². The van der Waals surface area contributed by atoms with Crippen molar-refractivity contribution >= 4 is 27.5 Å². The lowest BCUT2D eigenvalue weighted by molar-refractivity contribution is 0.0937. The van der Waals surface area contributed by atoms with Crippen molar-refractivity contribution in [1.82, 2.24) is 14.5 Å². The van der Waals surface area contributed by atoms with Crippen molar-refractivity contribution in [2.24, 2.45) is 0 Å². The maximum Gasteiger partial charge on any atom is 0.251 e. The summed E-state index contributed by atoms with van der Waals surface area (Å²) in [5.74, 6) is -0.0749. The summed E-state index contributed by atoms with van der Waals surface area (Å²) in [4.78, 5) is 15.4. The fraction of sp³-hybridized carbons (Fsp3) is 0.458. The average molecular weight is 492 g/mol. The Morgan fingerprint density at radius 3 is 2.42 bits per heavy atom. The number of amides is 1. The number of nitrogens with zero attached hydrogens (tertiary/aromatic N) is 2. The lowest BCUT2D eigenvalue weighted by Gasteiger charge is -2.28. The summed E-state index contributed by atoms with van der Waals surface area (Å²) in [6, 6.07) is 12.3. The summed E-state index contributed by atoms with van der Waals surface area (Å²) < 4.78 is 33.0. The number of halogens is 1. The number of nitrogens with one attached hydrogen (secondary N) is 1. The SMILES string of the molecule is COc1ccc(C(=O)NCC(c2cccc(Cl)c2)N2CCCC2)cc1S(=O)(=O)N1CCCC1. The standard InChI is InChI=1S/C24H30ClN3O4S/c1-32-22-10-9-19(16-23(22)33(30,31)28-13-4-5-14-28)24(29)26-17-21(27-11-2-3-12-27)18-7-6-8-20(25)15-18/h6-10,15-16,21H,2-5,11-14,17H2,1H3,(H,26,29). The first-order chi connectivity index (χ1) is 15.9. The van der Waals surface area contributed by atoms with Crippen LogP contribution in [0.2, 0.25) is 5.02 Å². The van der Waals surface area contributed by atoms with Crippen molar-refractivity contribution in [3.05, 3.63) is 58.6 Å². The van der Waals surface area contributed by atoms with Crippen LogP contribution in [-0.2, 0) is 10.0 Å². The molecule has 2 fully saturated rings. The van der Waals surface area contributed by atoms with E-state index in [-0.39, 0.29) is 22.6 Å². The third kappa shape index (κ3) is 5.35. The van der Waals surface area contributed by atoms with Gasteiger partial charge in [-0.3, -0.25) is 9.69 Å². The maximum absolute atomic E-state index is 13.1. The number of carbonyl (C=O) groups is 1. The van der Waals surface area contributed by atoms with Gasteiger partial charge in [0.05, 0.1) is 13.2 Å². The second-order valence-electron chi connectivity index (χ2n) is 8.50. The Kier molecular flexibility index (Phi) is 7.58. The summed E-state index contributed by atoms with van der Waals surface area (Å²) in [6.45, 7) is 3.30. The molecular weight excluding hydrogens is 462 g/mol. The zero-order valence-corrected chi connectivity index (χ0v) is 20.4. The van der Waals surface area contributed by atoms with Gasteiger partial charge in [0.1, 0.15) is 10.6 Å². The molecule has 1 unspecified atom stereocenters. The Labute approximate surface area is 200 Å². The molecule has 2 aromatic carbocycles. The smallest absolute Gasteiger partial charge is 0.251 e. The normalized spacial score (nSPS) is 18.4. The molecule has 178 valence electrons. The van der Waals surface area contributed by atoms with Gasteiger partial charge in [0.15, 0.2) is 0 Å². The van der Waals surface area contributed by atoms with Crippen LogP contribution in [0.15, 0.2) is 47.4 Å². The number of ether oxygens (including phenoxy) is 1. The number of methoxy groups -OCH3 is 1. The van der Waals surface area contributed by atoms with E-state index >= 15 is 0 Å². The number of hydrogen-bond donors (Lipinski definition) is 1. The van der Waals surface area contributed by atoms with Gasteiger partial charge in [-0.25, -0.2) is 8.42 Å². The molecule has 1 atom stereocenters. The van der Waals surface area contributed by atoms with Crippen molar-refractivity contribution < 1.29 is 17.9 Å². The van der Waals surface area contributed by atoms with E-state index in [2.05, 4.69) is 10.2 Å². The van der Waals surface area contributed by atoms with E-state index in [1.54, 1.807) is 12.1 Å². The fourth-order valence-corrected chi connectivity index (χ4v) is 6.50. The first-order valence-electron chi connectivity index (χ1n) is 11.4. The number of likely N-dealkylation sites (tertiary alicyclic amines) is 1. The van der Waals surface area contributed by atoms with Gasteiger partial charge in [0.2, 0.25) is 10.0 Å². The van der Waals surface area contributed by atoms with E-state index in [1.165, 1.54) is 17.5 Å². The van der Waals surface area contributed by atoms with Gasteiger partial charge < -0.3 is 10.1 Å². The Morgan fingerprint density at radius 2 is 1.76 bits per heavy atom. The highest BCUT2D eigenvalue weighted by molar-refractivity contribution is 7.89. The van der Waals surface area contributed by atoms with Gasteiger partial charge in [-0.05, 0) is 74.7 Å². The van der Waals surface area contributed by atoms with Crippen molar-refractivity contribution in [2.75, 3.05) is 39.8 Å². The van der Waals surface area contributed by atoms with Gasteiger partial charge in [-0.2, -0.15) is 4.31 Å². The van der Waals surface area contributed by atoms with Crippen LogP contribution in [0.3, 0.4) is 0 Å². The van der Waals surface area contributed by atoms with Gasteiger partial charge in [-0.1, -0.05) is 23.7 Å². The van der Waals surface area contributed by atoms with E-state index < -0.39 is 10.0 Å². The minimum atomic E-state index is -3.72. The molecule has 7 nitrogen and oxygen atoms in total. The molecule has 1 amide bonds. The third-order valence-corrected chi connectivity index (χ3v) is 8.53. The highest BCUT2D eigenvalue weighted by Crippen LogP contribution is 2.30. The highest BCUT2D eigenvalue weighted by Gasteiger charge is 2.31. The quantitative estimate of drug-likeness (QED) is 0.609. The number of benzene rings is 2. The van der Waals surface area contributed by atoms with Crippen LogP contribution >= 0.6 is 11.6 Å². The van der Waals surface area contributed by atoms with Gasteiger partial charge in [0, 0.05) is 30.2 Å². The van der Waals surface area contributed by atoms with Gasteiger partial charge in [0.25, 0.3) is 5.91 Å². The summed E-state index contributed by atoms with van der Waals surface area (Å²) in [6.07, 6.45) is 3.93. The largest absolute Gasteiger partial charge is 0.495 e. The van der Waals surface area contributed by atoms with Crippen molar-refractivity contribution in [2.45, 2.75) is 36.6 Å². The molecule has 2 aliphatic rings.